The molecule has 4 heteroatoms. The summed E-state index contributed by atoms with van der Waals surface area (Å²) in [5.74, 6) is 0.221. The van der Waals surface area contributed by atoms with E-state index in [4.69, 9.17) is 4.74 Å². The number of nitrogens with zero attached hydrogens (tertiary/aromatic N) is 1. The van der Waals surface area contributed by atoms with Gasteiger partial charge in [-0.05, 0) is 44.6 Å². The Morgan fingerprint density at radius 2 is 1.72 bits per heavy atom. The van der Waals surface area contributed by atoms with Crippen LogP contribution in [0.5, 0.6) is 0 Å². The maximum atomic E-state index is 12.7. The molecule has 1 aromatic carbocycles. The Balaban J connectivity index is 1.94. The summed E-state index contributed by atoms with van der Waals surface area (Å²) in [6.45, 7) is 4.12. The minimum atomic E-state index is -0.199. The van der Waals surface area contributed by atoms with Gasteiger partial charge in [0, 0.05) is 18.5 Å². The number of ether oxygens (including phenoxy) is 1. The van der Waals surface area contributed by atoms with Crippen molar-refractivity contribution in [2.75, 3.05) is 0 Å². The highest BCUT2D eigenvalue weighted by atomic mass is 16.6. The molecule has 1 fully saturated rings. The Morgan fingerprint density at radius 1 is 1.08 bits per heavy atom. The van der Waals surface area contributed by atoms with Crippen LogP contribution in [-0.2, 0) is 16.1 Å². The second kappa shape index (κ2) is 10.2. The first-order chi connectivity index (χ1) is 12.1. The van der Waals surface area contributed by atoms with Crippen LogP contribution < -0.4 is 0 Å². The van der Waals surface area contributed by atoms with Crippen molar-refractivity contribution in [1.82, 2.24) is 4.90 Å². The average molecular weight is 345 g/mol. The number of hydrogen-bond donors (Lipinski definition) is 0. The van der Waals surface area contributed by atoms with Crippen molar-refractivity contribution in [2.45, 2.75) is 83.9 Å². The van der Waals surface area contributed by atoms with Gasteiger partial charge in [-0.1, -0.05) is 50.1 Å². The number of Topliss-reactive ketones (excluding diaryl/α,β-unsaturated/α-hetero) is 1. The van der Waals surface area contributed by atoms with E-state index in [1.807, 2.05) is 35.2 Å². The van der Waals surface area contributed by atoms with Crippen molar-refractivity contribution in [3.05, 3.63) is 35.9 Å². The highest BCUT2D eigenvalue weighted by Crippen LogP contribution is 2.31. The molecule has 1 aliphatic rings. The lowest BCUT2D eigenvalue weighted by molar-refractivity contribution is -0.117. The van der Waals surface area contributed by atoms with E-state index >= 15 is 0 Å². The molecule has 1 aliphatic heterocycles. The van der Waals surface area contributed by atoms with E-state index in [1.165, 1.54) is 0 Å². The number of benzene rings is 1. The lowest BCUT2D eigenvalue weighted by Crippen LogP contribution is -2.41. The largest absolute Gasteiger partial charge is 0.445 e. The molecule has 0 spiro atoms. The summed E-state index contributed by atoms with van der Waals surface area (Å²) in [5.41, 5.74) is 1.01. The summed E-state index contributed by atoms with van der Waals surface area (Å²) in [6, 6.07) is 10.3. The molecule has 0 bridgehead atoms. The van der Waals surface area contributed by atoms with Gasteiger partial charge in [0.05, 0.1) is 0 Å². The van der Waals surface area contributed by atoms with Crippen LogP contribution in [0.1, 0.15) is 70.8 Å². The molecule has 25 heavy (non-hydrogen) atoms. The van der Waals surface area contributed by atoms with E-state index in [-0.39, 0.29) is 24.0 Å². The van der Waals surface area contributed by atoms with Crippen molar-refractivity contribution >= 4 is 11.9 Å². The second-order valence-electron chi connectivity index (χ2n) is 7.07. The zero-order valence-corrected chi connectivity index (χ0v) is 15.6. The molecule has 0 N–H and O–H groups in total. The van der Waals surface area contributed by atoms with Crippen LogP contribution in [-0.4, -0.2) is 28.9 Å². The smallest absolute Gasteiger partial charge is 0.410 e. The third-order valence-corrected chi connectivity index (χ3v) is 4.99. The Kier molecular flexibility index (Phi) is 7.96. The number of unbranched alkanes of at least 4 members (excludes halogenated alkanes) is 1. The third-order valence-electron chi connectivity index (χ3n) is 4.99. The monoisotopic (exact) mass is 345 g/mol. The van der Waals surface area contributed by atoms with E-state index in [0.717, 1.165) is 50.5 Å². The normalized spacial score (nSPS) is 19.8. The van der Waals surface area contributed by atoms with E-state index in [2.05, 4.69) is 6.92 Å². The maximum absolute atomic E-state index is 12.7. The molecule has 2 atom stereocenters. The molecule has 0 saturated carbocycles. The molecule has 138 valence electrons. The fraction of sp³-hybridized carbons (Fsp3) is 0.619. The Bertz CT molecular complexity index is 543. The molecular formula is C21H31NO3. The number of hydrogen-bond acceptors (Lipinski definition) is 3. The summed E-state index contributed by atoms with van der Waals surface area (Å²) >= 11 is 0. The fourth-order valence-electron chi connectivity index (χ4n) is 3.65. The molecule has 1 aromatic rings. The Morgan fingerprint density at radius 3 is 2.32 bits per heavy atom. The maximum Gasteiger partial charge on any atom is 0.410 e. The van der Waals surface area contributed by atoms with Gasteiger partial charge in [0.1, 0.15) is 12.4 Å². The zero-order chi connectivity index (χ0) is 18.1. The van der Waals surface area contributed by atoms with Crippen molar-refractivity contribution in [3.63, 3.8) is 0 Å². The molecule has 1 heterocycles. The van der Waals surface area contributed by atoms with Crippen LogP contribution in [0.4, 0.5) is 4.79 Å². The third kappa shape index (κ3) is 6.18. The van der Waals surface area contributed by atoms with Crippen LogP contribution in [0, 0.1) is 0 Å². The molecule has 0 aromatic heterocycles. The van der Waals surface area contributed by atoms with Gasteiger partial charge in [-0.3, -0.25) is 0 Å². The van der Waals surface area contributed by atoms with Gasteiger partial charge in [-0.25, -0.2) is 4.79 Å². The molecule has 0 unspecified atom stereocenters. The SMILES string of the molecule is CCCC[C@@H]1CC[C@H](CCCC(C)=O)N1C(=O)OCc1ccccc1. The van der Waals surface area contributed by atoms with Crippen molar-refractivity contribution in [1.29, 1.82) is 0 Å². The number of carbonyl (C=O) groups excluding carboxylic acids is 2. The quantitative estimate of drug-likeness (QED) is 0.625. The van der Waals surface area contributed by atoms with Crippen molar-refractivity contribution in [2.24, 2.45) is 0 Å². The highest BCUT2D eigenvalue weighted by Gasteiger charge is 2.37. The highest BCUT2D eigenvalue weighted by molar-refractivity contribution is 5.75. The number of rotatable bonds is 9. The van der Waals surface area contributed by atoms with Gasteiger partial charge in [0.2, 0.25) is 0 Å². The van der Waals surface area contributed by atoms with Crippen LogP contribution in [0.15, 0.2) is 30.3 Å². The van der Waals surface area contributed by atoms with Gasteiger partial charge in [0.15, 0.2) is 0 Å². The predicted molar refractivity (Wildman–Crippen MR) is 99.3 cm³/mol. The molecule has 0 aliphatic carbocycles. The molecule has 1 saturated heterocycles. The van der Waals surface area contributed by atoms with Gasteiger partial charge in [0.25, 0.3) is 0 Å². The fourth-order valence-corrected chi connectivity index (χ4v) is 3.65. The first kappa shape index (κ1) is 19.5. The molecule has 1 amide bonds. The Hall–Kier alpha value is -1.84. The molecule has 0 radical (unpaired) electrons. The van der Waals surface area contributed by atoms with Crippen molar-refractivity contribution < 1.29 is 14.3 Å². The van der Waals surface area contributed by atoms with Gasteiger partial charge in [-0.2, -0.15) is 0 Å². The number of ketones is 1. The molecule has 4 nitrogen and oxygen atoms in total. The summed E-state index contributed by atoms with van der Waals surface area (Å²) in [5, 5.41) is 0. The van der Waals surface area contributed by atoms with Crippen LogP contribution in [0.3, 0.4) is 0 Å². The van der Waals surface area contributed by atoms with E-state index in [1.54, 1.807) is 6.92 Å². The van der Waals surface area contributed by atoms with E-state index in [9.17, 15) is 9.59 Å². The first-order valence-electron chi connectivity index (χ1n) is 9.60. The molecule has 2 rings (SSSR count). The number of amides is 1. The number of likely N-dealkylation sites (tertiary alicyclic amines) is 1. The van der Waals surface area contributed by atoms with Gasteiger partial charge < -0.3 is 14.4 Å². The van der Waals surface area contributed by atoms with E-state index < -0.39 is 0 Å². The molecular weight excluding hydrogens is 314 g/mol. The second-order valence-corrected chi connectivity index (χ2v) is 7.07. The summed E-state index contributed by atoms with van der Waals surface area (Å²) < 4.78 is 5.60. The first-order valence-corrected chi connectivity index (χ1v) is 9.60. The van der Waals surface area contributed by atoms with E-state index in [0.29, 0.717) is 13.0 Å². The van der Waals surface area contributed by atoms with Gasteiger partial charge in [-0.15, -0.1) is 0 Å². The predicted octanol–water partition coefficient (Wildman–Crippen LogP) is 5.11. The van der Waals surface area contributed by atoms with Crippen LogP contribution in [0.25, 0.3) is 0 Å². The summed E-state index contributed by atoms with van der Waals surface area (Å²) in [6.07, 6.45) is 7.52. The topological polar surface area (TPSA) is 46.6 Å². The lowest BCUT2D eigenvalue weighted by atomic mass is 10.1. The number of carbonyl (C=O) groups is 2. The van der Waals surface area contributed by atoms with Crippen LogP contribution >= 0.6 is 0 Å². The minimum Gasteiger partial charge on any atom is -0.445 e. The summed E-state index contributed by atoms with van der Waals surface area (Å²) in [7, 11) is 0. The average Bonchev–Trinajstić information content (AvgIpc) is 3.01. The standard InChI is InChI=1S/C21H31NO3/c1-3-4-12-19-14-15-20(13-8-9-17(2)23)22(19)21(24)25-16-18-10-6-5-7-11-18/h5-7,10-11,19-20H,3-4,8-9,12-16H2,1-2H3/t19-,20+/m1/s1. The van der Waals surface area contributed by atoms with Crippen LogP contribution in [0.2, 0.25) is 0 Å². The summed E-state index contributed by atoms with van der Waals surface area (Å²) in [4.78, 5) is 25.9. The zero-order valence-electron chi connectivity index (χ0n) is 15.6. The van der Waals surface area contributed by atoms with Gasteiger partial charge >= 0.3 is 6.09 Å². The lowest BCUT2D eigenvalue weighted by Gasteiger charge is -2.30. The van der Waals surface area contributed by atoms with Crippen molar-refractivity contribution in [3.8, 4) is 0 Å². The minimum absolute atomic E-state index is 0.199. The Labute approximate surface area is 151 Å².